The average Bonchev–Trinajstić information content (AvgIpc) is 2.75. The molecule has 2 aromatic rings. The molecule has 0 unspecified atom stereocenters. The van der Waals surface area contributed by atoms with E-state index in [2.05, 4.69) is 22.3 Å². The average molecular weight is 237 g/mol. The van der Waals surface area contributed by atoms with Crippen LogP contribution in [0.15, 0.2) is 12.4 Å². The van der Waals surface area contributed by atoms with E-state index >= 15 is 0 Å². The summed E-state index contributed by atoms with van der Waals surface area (Å²) in [6, 6.07) is 0. The molecule has 0 atom stereocenters. The molecule has 0 aromatic carbocycles. The predicted octanol–water partition coefficient (Wildman–Crippen LogP) is 1.65. The first-order valence-corrected chi connectivity index (χ1v) is 5.92. The van der Waals surface area contributed by atoms with Crippen molar-refractivity contribution in [2.45, 2.75) is 20.4 Å². The third-order valence-corrected chi connectivity index (χ3v) is 3.33. The summed E-state index contributed by atoms with van der Waals surface area (Å²) in [7, 11) is 0. The largest absolute Gasteiger partial charge is 0.396 e. The fraction of sp³-hybridized carbons (Fsp3) is 0.400. The number of thiazole rings is 1. The number of aryl methyl sites for hydroxylation is 2. The van der Waals surface area contributed by atoms with Crippen LogP contribution < -0.4 is 11.1 Å². The van der Waals surface area contributed by atoms with E-state index < -0.39 is 0 Å². The van der Waals surface area contributed by atoms with E-state index in [1.54, 1.807) is 17.5 Å². The Morgan fingerprint density at radius 1 is 1.50 bits per heavy atom. The maximum atomic E-state index is 5.57. The summed E-state index contributed by atoms with van der Waals surface area (Å²) in [4.78, 5) is 5.66. The number of nitrogens with two attached hydrogens (primary N) is 1. The molecular formula is C10H15N5S. The number of nitrogens with zero attached hydrogens (tertiary/aromatic N) is 3. The smallest absolute Gasteiger partial charge is 0.183 e. The van der Waals surface area contributed by atoms with Crippen molar-refractivity contribution in [2.24, 2.45) is 0 Å². The number of aromatic nitrogens is 3. The molecular weight excluding hydrogens is 222 g/mol. The van der Waals surface area contributed by atoms with Crippen LogP contribution in [0.25, 0.3) is 0 Å². The lowest BCUT2D eigenvalue weighted by Crippen LogP contribution is -2.10. The SMILES string of the molecule is Cc1nc(NCCn2cc(N)cn2)sc1C. The first-order valence-electron chi connectivity index (χ1n) is 5.11. The molecule has 2 rings (SSSR count). The van der Waals surface area contributed by atoms with Crippen LogP contribution in [0.1, 0.15) is 10.6 Å². The van der Waals surface area contributed by atoms with Crippen LogP contribution in [-0.4, -0.2) is 21.3 Å². The molecule has 2 aromatic heterocycles. The molecule has 6 heteroatoms. The van der Waals surface area contributed by atoms with Gasteiger partial charge in [-0.15, -0.1) is 11.3 Å². The first kappa shape index (κ1) is 10.9. The quantitative estimate of drug-likeness (QED) is 0.848. The zero-order valence-electron chi connectivity index (χ0n) is 9.40. The van der Waals surface area contributed by atoms with Crippen LogP contribution in [0.3, 0.4) is 0 Å². The molecule has 16 heavy (non-hydrogen) atoms. The van der Waals surface area contributed by atoms with Crippen molar-refractivity contribution in [3.8, 4) is 0 Å². The Hall–Kier alpha value is -1.56. The van der Waals surface area contributed by atoms with E-state index in [0.29, 0.717) is 5.69 Å². The summed E-state index contributed by atoms with van der Waals surface area (Å²) < 4.78 is 1.82. The van der Waals surface area contributed by atoms with Gasteiger partial charge in [0, 0.05) is 17.6 Å². The van der Waals surface area contributed by atoms with E-state index in [9.17, 15) is 0 Å². The summed E-state index contributed by atoms with van der Waals surface area (Å²) in [6.45, 7) is 5.68. The third-order valence-electron chi connectivity index (χ3n) is 2.30. The highest BCUT2D eigenvalue weighted by Gasteiger charge is 2.02. The number of hydrogen-bond donors (Lipinski definition) is 2. The fourth-order valence-corrected chi connectivity index (χ4v) is 2.17. The molecule has 0 saturated carbocycles. The summed E-state index contributed by atoms with van der Waals surface area (Å²) >= 11 is 1.68. The normalized spacial score (nSPS) is 10.6. The molecule has 0 radical (unpaired) electrons. The van der Waals surface area contributed by atoms with E-state index in [-0.39, 0.29) is 0 Å². The van der Waals surface area contributed by atoms with E-state index in [1.807, 2.05) is 17.8 Å². The summed E-state index contributed by atoms with van der Waals surface area (Å²) in [6.07, 6.45) is 3.47. The van der Waals surface area contributed by atoms with E-state index in [1.165, 1.54) is 4.88 Å². The summed E-state index contributed by atoms with van der Waals surface area (Å²) in [5, 5.41) is 8.34. The minimum Gasteiger partial charge on any atom is -0.396 e. The molecule has 0 amide bonds. The Morgan fingerprint density at radius 3 is 2.88 bits per heavy atom. The van der Waals surface area contributed by atoms with Gasteiger partial charge >= 0.3 is 0 Å². The van der Waals surface area contributed by atoms with E-state index in [0.717, 1.165) is 23.9 Å². The van der Waals surface area contributed by atoms with Gasteiger partial charge in [-0.3, -0.25) is 4.68 Å². The monoisotopic (exact) mass is 237 g/mol. The lowest BCUT2D eigenvalue weighted by atomic mass is 10.4. The van der Waals surface area contributed by atoms with Gasteiger partial charge < -0.3 is 11.1 Å². The van der Waals surface area contributed by atoms with Gasteiger partial charge in [-0.2, -0.15) is 5.10 Å². The molecule has 0 aliphatic carbocycles. The highest BCUT2D eigenvalue weighted by atomic mass is 32.1. The maximum Gasteiger partial charge on any atom is 0.183 e. The molecule has 0 saturated heterocycles. The van der Waals surface area contributed by atoms with Crippen molar-refractivity contribution in [3.05, 3.63) is 23.0 Å². The lowest BCUT2D eigenvalue weighted by molar-refractivity contribution is 0.638. The Bertz CT molecular complexity index is 454. The second kappa shape index (κ2) is 4.52. The Balaban J connectivity index is 1.84. The van der Waals surface area contributed by atoms with Crippen molar-refractivity contribution in [1.29, 1.82) is 0 Å². The number of nitrogen functional groups attached to an aromatic ring is 1. The molecule has 86 valence electrons. The molecule has 0 aliphatic heterocycles. The summed E-state index contributed by atoms with van der Waals surface area (Å²) in [5.74, 6) is 0. The van der Waals surface area contributed by atoms with Gasteiger partial charge in [0.1, 0.15) is 0 Å². The zero-order chi connectivity index (χ0) is 11.5. The highest BCUT2D eigenvalue weighted by molar-refractivity contribution is 7.15. The number of nitrogens with one attached hydrogen (secondary N) is 1. The lowest BCUT2D eigenvalue weighted by Gasteiger charge is -2.02. The first-order chi connectivity index (χ1) is 7.65. The van der Waals surface area contributed by atoms with Crippen molar-refractivity contribution < 1.29 is 0 Å². The van der Waals surface area contributed by atoms with Crippen molar-refractivity contribution >= 4 is 22.2 Å². The van der Waals surface area contributed by atoms with Gasteiger partial charge in [-0.1, -0.05) is 0 Å². The van der Waals surface area contributed by atoms with Crippen molar-refractivity contribution in [3.63, 3.8) is 0 Å². The van der Waals surface area contributed by atoms with Crippen LogP contribution in [0.5, 0.6) is 0 Å². The fourth-order valence-electron chi connectivity index (χ4n) is 1.33. The predicted molar refractivity (Wildman–Crippen MR) is 66.7 cm³/mol. The molecule has 5 nitrogen and oxygen atoms in total. The van der Waals surface area contributed by atoms with Crippen LogP contribution in [0.2, 0.25) is 0 Å². The molecule has 3 N–H and O–H groups in total. The number of hydrogen-bond acceptors (Lipinski definition) is 5. The molecule has 0 fully saturated rings. The highest BCUT2D eigenvalue weighted by Crippen LogP contribution is 2.20. The van der Waals surface area contributed by atoms with Gasteiger partial charge in [0.05, 0.1) is 24.1 Å². The van der Waals surface area contributed by atoms with Gasteiger partial charge in [0.15, 0.2) is 5.13 Å². The number of rotatable bonds is 4. The second-order valence-electron chi connectivity index (χ2n) is 3.62. The molecule has 0 aliphatic rings. The third kappa shape index (κ3) is 2.52. The number of anilines is 2. The minimum atomic E-state index is 0.695. The molecule has 0 spiro atoms. The van der Waals surface area contributed by atoms with Gasteiger partial charge in [-0.25, -0.2) is 4.98 Å². The van der Waals surface area contributed by atoms with Crippen LogP contribution in [0.4, 0.5) is 10.8 Å². The van der Waals surface area contributed by atoms with E-state index in [4.69, 9.17) is 5.73 Å². The van der Waals surface area contributed by atoms with Gasteiger partial charge in [0.25, 0.3) is 0 Å². The van der Waals surface area contributed by atoms with Gasteiger partial charge in [0.2, 0.25) is 0 Å². The molecule has 2 heterocycles. The van der Waals surface area contributed by atoms with Crippen LogP contribution >= 0.6 is 11.3 Å². The minimum absolute atomic E-state index is 0.695. The standard InChI is InChI=1S/C10H15N5S/c1-7-8(2)16-10(14-7)12-3-4-15-6-9(11)5-13-15/h5-6H,3-4,11H2,1-2H3,(H,12,14). The Kier molecular flexibility index (Phi) is 3.09. The Labute approximate surface area is 98.3 Å². The molecule has 0 bridgehead atoms. The Morgan fingerprint density at radius 2 is 2.31 bits per heavy atom. The zero-order valence-corrected chi connectivity index (χ0v) is 10.2. The van der Waals surface area contributed by atoms with Crippen molar-refractivity contribution in [1.82, 2.24) is 14.8 Å². The maximum absolute atomic E-state index is 5.57. The van der Waals surface area contributed by atoms with Crippen molar-refractivity contribution in [2.75, 3.05) is 17.6 Å². The summed E-state index contributed by atoms with van der Waals surface area (Å²) in [5.41, 5.74) is 7.36. The van der Waals surface area contributed by atoms with Crippen LogP contribution in [-0.2, 0) is 6.54 Å². The second-order valence-corrected chi connectivity index (χ2v) is 4.83. The topological polar surface area (TPSA) is 68.8 Å². The van der Waals surface area contributed by atoms with Crippen LogP contribution in [0, 0.1) is 13.8 Å². The van der Waals surface area contributed by atoms with Gasteiger partial charge in [-0.05, 0) is 13.8 Å².